The first kappa shape index (κ1) is 13.6. The van der Waals surface area contributed by atoms with Crippen LogP contribution in [0, 0.1) is 11.3 Å². The number of likely N-dealkylation sites (tertiary alicyclic amines) is 1. The summed E-state index contributed by atoms with van der Waals surface area (Å²) in [5.41, 5.74) is 0.101. The molecule has 0 bridgehead atoms. The van der Waals surface area contributed by atoms with E-state index in [-0.39, 0.29) is 11.7 Å². The zero-order chi connectivity index (χ0) is 15.2. The van der Waals surface area contributed by atoms with Gasteiger partial charge in [-0.1, -0.05) is 0 Å². The van der Waals surface area contributed by atoms with Gasteiger partial charge in [0, 0.05) is 18.5 Å². The number of rotatable bonds is 1. The number of fused-ring (bicyclic) bond motifs is 1. The maximum Gasteiger partial charge on any atom is 0.223 e. The van der Waals surface area contributed by atoms with Crippen LogP contribution >= 0.6 is 0 Å². The second-order valence-electron chi connectivity index (χ2n) is 5.93. The average molecular weight is 284 g/mol. The van der Waals surface area contributed by atoms with Crippen molar-refractivity contribution in [2.75, 3.05) is 6.54 Å². The van der Waals surface area contributed by atoms with Crippen molar-refractivity contribution < 1.29 is 14.3 Å². The Balaban J connectivity index is 2.15. The number of amides is 1. The van der Waals surface area contributed by atoms with Crippen LogP contribution in [0.25, 0.3) is 0 Å². The van der Waals surface area contributed by atoms with Crippen LogP contribution in [0.15, 0.2) is 18.2 Å². The molecule has 2 heterocycles. The number of ether oxygens (including phenoxy) is 1. The van der Waals surface area contributed by atoms with Crippen LogP contribution in [0.2, 0.25) is 0 Å². The van der Waals surface area contributed by atoms with Gasteiger partial charge in [0.05, 0.1) is 11.6 Å². The number of hydrogen-bond acceptors (Lipinski definition) is 4. The number of carbonyl (C=O) groups is 2. The van der Waals surface area contributed by atoms with E-state index in [1.165, 1.54) is 0 Å². The van der Waals surface area contributed by atoms with Gasteiger partial charge in [-0.15, -0.1) is 0 Å². The normalized spacial score (nSPS) is 23.5. The molecule has 1 unspecified atom stereocenters. The molecule has 0 spiro atoms. The predicted octanol–water partition coefficient (Wildman–Crippen LogP) is 1.96. The van der Waals surface area contributed by atoms with Gasteiger partial charge in [0.25, 0.3) is 0 Å². The summed E-state index contributed by atoms with van der Waals surface area (Å²) >= 11 is 0. The van der Waals surface area contributed by atoms with E-state index in [9.17, 15) is 9.59 Å². The molecule has 1 saturated heterocycles. The Morgan fingerprint density at radius 3 is 2.76 bits per heavy atom. The van der Waals surface area contributed by atoms with Crippen molar-refractivity contribution in [1.29, 1.82) is 5.26 Å². The predicted molar refractivity (Wildman–Crippen MR) is 74.6 cm³/mol. The summed E-state index contributed by atoms with van der Waals surface area (Å²) in [7, 11) is 0. The van der Waals surface area contributed by atoms with Gasteiger partial charge in [-0.2, -0.15) is 5.26 Å². The molecule has 1 amide bonds. The molecule has 0 N–H and O–H groups in total. The van der Waals surface area contributed by atoms with Gasteiger partial charge in [0.1, 0.15) is 11.8 Å². The first-order chi connectivity index (χ1) is 9.94. The number of ketones is 1. The topological polar surface area (TPSA) is 70.4 Å². The third-order valence-electron chi connectivity index (χ3n) is 4.06. The first-order valence-electron chi connectivity index (χ1n) is 7.01. The molecule has 1 aromatic rings. The van der Waals surface area contributed by atoms with Crippen molar-refractivity contribution in [3.8, 4) is 11.8 Å². The molecule has 2 aliphatic heterocycles. The number of nitrogens with zero attached hydrogens (tertiary/aromatic N) is 2. The molecule has 3 rings (SSSR count). The maximum absolute atomic E-state index is 12.7. The molecule has 1 atom stereocenters. The molecular formula is C16H16N2O3. The first-order valence-corrected chi connectivity index (χ1v) is 7.01. The molecule has 108 valence electrons. The lowest BCUT2D eigenvalue weighted by Crippen LogP contribution is -2.50. The fourth-order valence-corrected chi connectivity index (χ4v) is 2.97. The van der Waals surface area contributed by atoms with Crippen LogP contribution in [0.1, 0.15) is 43.9 Å². The van der Waals surface area contributed by atoms with E-state index < -0.39 is 11.6 Å². The lowest BCUT2D eigenvalue weighted by Gasteiger charge is -2.39. The zero-order valence-corrected chi connectivity index (χ0v) is 12.0. The van der Waals surface area contributed by atoms with Gasteiger partial charge >= 0.3 is 0 Å². The van der Waals surface area contributed by atoms with Crippen LogP contribution in [-0.4, -0.2) is 28.7 Å². The van der Waals surface area contributed by atoms with Crippen LogP contribution < -0.4 is 4.74 Å². The minimum atomic E-state index is -0.977. The Morgan fingerprint density at radius 2 is 2.14 bits per heavy atom. The summed E-state index contributed by atoms with van der Waals surface area (Å²) < 4.78 is 5.76. The van der Waals surface area contributed by atoms with Crippen molar-refractivity contribution in [2.45, 2.75) is 38.3 Å². The molecule has 0 aliphatic carbocycles. The molecule has 1 aromatic carbocycles. The van der Waals surface area contributed by atoms with Crippen molar-refractivity contribution in [3.63, 3.8) is 0 Å². The number of nitriles is 1. The van der Waals surface area contributed by atoms with Crippen molar-refractivity contribution >= 4 is 11.7 Å². The smallest absolute Gasteiger partial charge is 0.223 e. The van der Waals surface area contributed by atoms with Gasteiger partial charge in [0.15, 0.2) is 5.60 Å². The van der Waals surface area contributed by atoms with E-state index in [4.69, 9.17) is 10.00 Å². The molecule has 2 aliphatic rings. The molecule has 0 saturated carbocycles. The number of carbonyl (C=O) groups excluding carboxylic acids is 2. The SMILES string of the molecule is CC1(C)Oc2ccc(C#N)cc2C(N2CCCC2=O)C1=O. The Labute approximate surface area is 123 Å². The third kappa shape index (κ3) is 2.07. The highest BCUT2D eigenvalue weighted by Crippen LogP contribution is 2.41. The number of benzene rings is 1. The monoisotopic (exact) mass is 284 g/mol. The van der Waals surface area contributed by atoms with Gasteiger partial charge in [-0.05, 0) is 38.5 Å². The number of Topliss-reactive ketones (excluding diaryl/α,β-unsaturated/α-hetero) is 1. The fraction of sp³-hybridized carbons (Fsp3) is 0.438. The Morgan fingerprint density at radius 1 is 1.38 bits per heavy atom. The quantitative estimate of drug-likeness (QED) is 0.790. The third-order valence-corrected chi connectivity index (χ3v) is 4.06. The maximum atomic E-state index is 12.7. The van der Waals surface area contributed by atoms with E-state index in [2.05, 4.69) is 6.07 Å². The van der Waals surface area contributed by atoms with Crippen LogP contribution in [0.3, 0.4) is 0 Å². The summed E-state index contributed by atoms with van der Waals surface area (Å²) in [6.45, 7) is 4.00. The minimum Gasteiger partial charge on any atom is -0.480 e. The van der Waals surface area contributed by atoms with Crippen molar-refractivity contribution in [1.82, 2.24) is 4.90 Å². The van der Waals surface area contributed by atoms with Crippen LogP contribution in [-0.2, 0) is 9.59 Å². The zero-order valence-electron chi connectivity index (χ0n) is 12.0. The van der Waals surface area contributed by atoms with Crippen molar-refractivity contribution in [3.05, 3.63) is 29.3 Å². The van der Waals surface area contributed by atoms with E-state index in [1.54, 1.807) is 36.9 Å². The fourth-order valence-electron chi connectivity index (χ4n) is 2.97. The van der Waals surface area contributed by atoms with Gasteiger partial charge in [0.2, 0.25) is 11.7 Å². The molecule has 0 radical (unpaired) electrons. The second-order valence-corrected chi connectivity index (χ2v) is 5.93. The second kappa shape index (κ2) is 4.59. The van der Waals surface area contributed by atoms with E-state index >= 15 is 0 Å². The molecule has 1 fully saturated rings. The van der Waals surface area contributed by atoms with E-state index in [1.807, 2.05) is 0 Å². The molecule has 21 heavy (non-hydrogen) atoms. The van der Waals surface area contributed by atoms with Crippen molar-refractivity contribution in [2.24, 2.45) is 0 Å². The Hall–Kier alpha value is -2.35. The minimum absolute atomic E-state index is 0.0145. The molecule has 5 nitrogen and oxygen atoms in total. The Bertz CT molecular complexity index is 673. The highest BCUT2D eigenvalue weighted by atomic mass is 16.5. The van der Waals surface area contributed by atoms with Crippen LogP contribution in [0.4, 0.5) is 0 Å². The van der Waals surface area contributed by atoms with E-state index in [0.717, 1.165) is 6.42 Å². The van der Waals surface area contributed by atoms with E-state index in [0.29, 0.717) is 29.8 Å². The standard InChI is InChI=1S/C16H16N2O3/c1-16(2)15(20)14(18-7-3-4-13(18)19)11-8-10(9-17)5-6-12(11)21-16/h5-6,8,14H,3-4,7H2,1-2H3. The van der Waals surface area contributed by atoms with Gasteiger partial charge in [-0.25, -0.2) is 0 Å². The number of hydrogen-bond donors (Lipinski definition) is 0. The summed E-state index contributed by atoms with van der Waals surface area (Å²) in [6.07, 6.45) is 1.23. The largest absolute Gasteiger partial charge is 0.480 e. The summed E-state index contributed by atoms with van der Waals surface area (Å²) in [4.78, 5) is 26.4. The van der Waals surface area contributed by atoms with Gasteiger partial charge in [-0.3, -0.25) is 9.59 Å². The summed E-state index contributed by atoms with van der Waals surface area (Å²) in [5, 5.41) is 9.06. The summed E-state index contributed by atoms with van der Waals surface area (Å²) in [5.74, 6) is 0.419. The van der Waals surface area contributed by atoms with Gasteiger partial charge < -0.3 is 9.64 Å². The lowest BCUT2D eigenvalue weighted by atomic mass is 9.86. The molecular weight excluding hydrogens is 268 g/mol. The average Bonchev–Trinajstić information content (AvgIpc) is 2.86. The lowest BCUT2D eigenvalue weighted by molar-refractivity contribution is -0.146. The highest BCUT2D eigenvalue weighted by molar-refractivity contribution is 5.97. The highest BCUT2D eigenvalue weighted by Gasteiger charge is 2.47. The Kier molecular flexibility index (Phi) is 2.98. The molecule has 0 aromatic heterocycles. The molecule has 5 heteroatoms. The van der Waals surface area contributed by atoms with Crippen LogP contribution in [0.5, 0.6) is 5.75 Å². The summed E-state index contributed by atoms with van der Waals surface area (Å²) in [6, 6.07) is 6.43.